The van der Waals surface area contributed by atoms with Crippen molar-refractivity contribution in [3.05, 3.63) is 48.0 Å². The number of β-amino-alcohol motifs (C(OH)–C–C–N with tert-alkyl or cyclic N) is 1. The second-order valence-electron chi connectivity index (χ2n) is 6.52. The van der Waals surface area contributed by atoms with Crippen molar-refractivity contribution < 1.29 is 14.6 Å². The first-order valence-corrected chi connectivity index (χ1v) is 8.15. The number of aliphatic hydroxyl groups is 1. The van der Waals surface area contributed by atoms with Crippen LogP contribution in [0.4, 0.5) is 0 Å². The summed E-state index contributed by atoms with van der Waals surface area (Å²) in [6.45, 7) is 3.04. The van der Waals surface area contributed by atoms with Crippen LogP contribution in [0.2, 0.25) is 0 Å². The van der Waals surface area contributed by atoms with Gasteiger partial charge in [0.1, 0.15) is 18.0 Å². The number of rotatable bonds is 4. The molecule has 0 unspecified atom stereocenters. The van der Waals surface area contributed by atoms with Crippen LogP contribution in [0.3, 0.4) is 0 Å². The molecule has 1 N–H and O–H groups in total. The number of amides is 1. The number of ether oxygens (including phenoxy) is 1. The van der Waals surface area contributed by atoms with Crippen LogP contribution in [-0.2, 0) is 7.05 Å². The van der Waals surface area contributed by atoms with Gasteiger partial charge in [-0.25, -0.2) is 4.98 Å². The summed E-state index contributed by atoms with van der Waals surface area (Å²) in [5, 5.41) is 10.8. The van der Waals surface area contributed by atoms with Gasteiger partial charge in [-0.05, 0) is 37.5 Å². The maximum atomic E-state index is 12.6. The molecule has 1 aliphatic heterocycles. The van der Waals surface area contributed by atoms with Crippen molar-refractivity contribution in [1.82, 2.24) is 14.5 Å². The first-order valence-electron chi connectivity index (χ1n) is 8.15. The molecule has 1 amide bonds. The summed E-state index contributed by atoms with van der Waals surface area (Å²) in [5.74, 6) is 0.964. The van der Waals surface area contributed by atoms with Crippen molar-refractivity contribution >= 4 is 5.91 Å². The number of carbonyl (C=O) groups is 1. The van der Waals surface area contributed by atoms with Crippen LogP contribution in [0.1, 0.15) is 29.0 Å². The third-order valence-electron chi connectivity index (χ3n) is 4.35. The smallest absolute Gasteiger partial charge is 0.289 e. The van der Waals surface area contributed by atoms with E-state index in [0.717, 1.165) is 17.7 Å². The quantitative estimate of drug-likeness (QED) is 0.928. The average molecular weight is 329 g/mol. The molecular formula is C18H23N3O3. The summed E-state index contributed by atoms with van der Waals surface area (Å²) in [6.07, 6.45) is 4.70. The van der Waals surface area contributed by atoms with E-state index < -0.39 is 5.60 Å². The lowest BCUT2D eigenvalue weighted by molar-refractivity contribution is -0.0534. The highest BCUT2D eigenvalue weighted by molar-refractivity contribution is 5.91. The molecule has 1 aromatic heterocycles. The van der Waals surface area contributed by atoms with Gasteiger partial charge < -0.3 is 19.3 Å². The lowest BCUT2D eigenvalue weighted by Gasteiger charge is -2.38. The van der Waals surface area contributed by atoms with Crippen LogP contribution in [-0.4, -0.2) is 50.8 Å². The summed E-state index contributed by atoms with van der Waals surface area (Å²) in [7, 11) is 1.79. The normalized spacial score (nSPS) is 20.9. The standard InChI is InChI=1S/C18H23N3O3/c1-14-5-3-6-15(11-14)24-13-18(23)7-4-9-21(12-18)17(22)16-19-8-10-20(16)2/h3,5-6,8,10-11,23H,4,7,9,12-13H2,1-2H3/t18-/m0/s1. The molecule has 1 aliphatic rings. The van der Waals surface area contributed by atoms with E-state index in [1.807, 2.05) is 31.2 Å². The second-order valence-corrected chi connectivity index (χ2v) is 6.52. The predicted molar refractivity (Wildman–Crippen MR) is 90.0 cm³/mol. The third-order valence-corrected chi connectivity index (χ3v) is 4.35. The summed E-state index contributed by atoms with van der Waals surface area (Å²) in [4.78, 5) is 18.3. The summed E-state index contributed by atoms with van der Waals surface area (Å²) < 4.78 is 7.46. The minimum atomic E-state index is -1.04. The first kappa shape index (κ1) is 16.5. The molecule has 3 rings (SSSR count). The van der Waals surface area contributed by atoms with Gasteiger partial charge >= 0.3 is 0 Å². The Morgan fingerprint density at radius 2 is 2.29 bits per heavy atom. The van der Waals surface area contributed by atoms with Gasteiger partial charge in [0.05, 0.1) is 6.54 Å². The third kappa shape index (κ3) is 3.59. The van der Waals surface area contributed by atoms with Gasteiger partial charge in [0.15, 0.2) is 5.82 Å². The Labute approximate surface area is 141 Å². The van der Waals surface area contributed by atoms with Gasteiger partial charge in [0.2, 0.25) is 0 Å². The molecule has 128 valence electrons. The zero-order valence-electron chi connectivity index (χ0n) is 14.1. The molecule has 6 heteroatoms. The number of piperidine rings is 1. The second kappa shape index (κ2) is 6.65. The minimum absolute atomic E-state index is 0.156. The molecule has 2 heterocycles. The SMILES string of the molecule is Cc1cccc(OC[C@]2(O)CCCN(C(=O)c3nccn3C)C2)c1. The number of hydrogen-bond acceptors (Lipinski definition) is 4. The lowest BCUT2D eigenvalue weighted by Crippen LogP contribution is -2.53. The zero-order valence-corrected chi connectivity index (χ0v) is 14.1. The van der Waals surface area contributed by atoms with E-state index in [-0.39, 0.29) is 19.1 Å². The fourth-order valence-electron chi connectivity index (χ4n) is 3.04. The van der Waals surface area contributed by atoms with Crippen molar-refractivity contribution in [1.29, 1.82) is 0 Å². The topological polar surface area (TPSA) is 67.6 Å². The van der Waals surface area contributed by atoms with Crippen LogP contribution < -0.4 is 4.74 Å². The predicted octanol–water partition coefficient (Wildman–Crippen LogP) is 1.77. The maximum Gasteiger partial charge on any atom is 0.289 e. The van der Waals surface area contributed by atoms with E-state index in [1.54, 1.807) is 28.9 Å². The van der Waals surface area contributed by atoms with Crippen molar-refractivity contribution in [2.45, 2.75) is 25.4 Å². The maximum absolute atomic E-state index is 12.6. The van der Waals surface area contributed by atoms with Gasteiger partial charge in [-0.15, -0.1) is 0 Å². The molecule has 0 aliphatic carbocycles. The Bertz CT molecular complexity index is 728. The monoisotopic (exact) mass is 329 g/mol. The molecule has 0 saturated carbocycles. The van der Waals surface area contributed by atoms with E-state index in [1.165, 1.54) is 0 Å². The van der Waals surface area contributed by atoms with Crippen LogP contribution in [0.25, 0.3) is 0 Å². The van der Waals surface area contributed by atoms with Crippen molar-refractivity contribution in [2.24, 2.45) is 7.05 Å². The van der Waals surface area contributed by atoms with E-state index in [0.29, 0.717) is 18.8 Å². The Balaban J connectivity index is 1.65. The minimum Gasteiger partial charge on any atom is -0.491 e. The molecule has 0 bridgehead atoms. The molecule has 6 nitrogen and oxygen atoms in total. The Morgan fingerprint density at radius 3 is 3.00 bits per heavy atom. The highest BCUT2D eigenvalue weighted by atomic mass is 16.5. The van der Waals surface area contributed by atoms with Crippen LogP contribution in [0, 0.1) is 6.92 Å². The number of aromatic nitrogens is 2. The highest BCUT2D eigenvalue weighted by Gasteiger charge is 2.37. The van der Waals surface area contributed by atoms with Crippen LogP contribution >= 0.6 is 0 Å². The van der Waals surface area contributed by atoms with Crippen LogP contribution in [0.5, 0.6) is 5.75 Å². The van der Waals surface area contributed by atoms with Gasteiger partial charge in [-0.2, -0.15) is 0 Å². The molecule has 1 aromatic carbocycles. The Kier molecular flexibility index (Phi) is 4.57. The van der Waals surface area contributed by atoms with Gasteiger partial charge in [-0.3, -0.25) is 4.79 Å². The van der Waals surface area contributed by atoms with Crippen molar-refractivity contribution in [2.75, 3.05) is 19.7 Å². The fraction of sp³-hybridized carbons (Fsp3) is 0.444. The Morgan fingerprint density at radius 1 is 1.46 bits per heavy atom. The molecule has 24 heavy (non-hydrogen) atoms. The largest absolute Gasteiger partial charge is 0.491 e. The van der Waals surface area contributed by atoms with Gasteiger partial charge in [0, 0.05) is 26.0 Å². The number of likely N-dealkylation sites (tertiary alicyclic amines) is 1. The molecule has 0 spiro atoms. The lowest BCUT2D eigenvalue weighted by atomic mass is 9.93. The average Bonchev–Trinajstić information content (AvgIpc) is 2.99. The fourth-order valence-corrected chi connectivity index (χ4v) is 3.04. The molecular weight excluding hydrogens is 306 g/mol. The van der Waals surface area contributed by atoms with Crippen LogP contribution in [0.15, 0.2) is 36.7 Å². The Hall–Kier alpha value is -2.34. The molecule has 1 saturated heterocycles. The van der Waals surface area contributed by atoms with Gasteiger partial charge in [0.25, 0.3) is 5.91 Å². The summed E-state index contributed by atoms with van der Waals surface area (Å²) in [6, 6.07) is 7.72. The van der Waals surface area contributed by atoms with E-state index >= 15 is 0 Å². The number of hydrogen-bond donors (Lipinski definition) is 1. The van der Waals surface area contributed by atoms with E-state index in [9.17, 15) is 9.90 Å². The number of carbonyl (C=O) groups excluding carboxylic acids is 1. The molecule has 0 radical (unpaired) electrons. The molecule has 1 atom stereocenters. The van der Waals surface area contributed by atoms with Crippen molar-refractivity contribution in [3.63, 3.8) is 0 Å². The number of imidazole rings is 1. The zero-order chi connectivity index (χ0) is 17.2. The first-order chi connectivity index (χ1) is 11.5. The number of aryl methyl sites for hydroxylation is 2. The van der Waals surface area contributed by atoms with E-state index in [4.69, 9.17) is 4.74 Å². The highest BCUT2D eigenvalue weighted by Crippen LogP contribution is 2.24. The number of nitrogens with zero attached hydrogens (tertiary/aromatic N) is 3. The number of benzene rings is 1. The molecule has 2 aromatic rings. The van der Waals surface area contributed by atoms with Gasteiger partial charge in [-0.1, -0.05) is 12.1 Å². The summed E-state index contributed by atoms with van der Waals surface area (Å²) >= 11 is 0. The van der Waals surface area contributed by atoms with E-state index in [2.05, 4.69) is 4.98 Å². The summed E-state index contributed by atoms with van der Waals surface area (Å²) in [5.41, 5.74) is 0.0674. The van der Waals surface area contributed by atoms with Crippen molar-refractivity contribution in [3.8, 4) is 5.75 Å². The molecule has 1 fully saturated rings.